The lowest BCUT2D eigenvalue weighted by Crippen LogP contribution is -2.24. The quantitative estimate of drug-likeness (QED) is 0.378. The molecule has 0 bridgehead atoms. The Morgan fingerprint density at radius 2 is 1.81 bits per heavy atom. The Labute approximate surface area is 190 Å². The Morgan fingerprint density at radius 3 is 2.45 bits per heavy atom. The van der Waals surface area contributed by atoms with Crippen LogP contribution in [0.3, 0.4) is 0 Å². The minimum absolute atomic E-state index is 0. The number of aromatic nitrogens is 2. The number of phenols is 1. The molecule has 0 spiro atoms. The van der Waals surface area contributed by atoms with E-state index in [2.05, 4.69) is 15.6 Å². The Bertz CT molecular complexity index is 1350. The maximum absolute atomic E-state index is 12.2. The SMILES string of the molecule is CC1=C(Nc2nc(-c3cccs3)nc3sc(-c4ccc(O)cc4)cc23)C(=O)NC1=O.Cl. The summed E-state index contributed by atoms with van der Waals surface area (Å²) in [5, 5.41) is 17.6. The summed E-state index contributed by atoms with van der Waals surface area (Å²) in [6.45, 7) is 1.59. The third kappa shape index (κ3) is 3.78. The Morgan fingerprint density at radius 1 is 1.03 bits per heavy atom. The van der Waals surface area contributed by atoms with Crippen molar-refractivity contribution in [2.75, 3.05) is 5.32 Å². The number of fused-ring (bicyclic) bond motifs is 1. The molecule has 0 saturated heterocycles. The monoisotopic (exact) mass is 470 g/mol. The number of rotatable bonds is 4. The molecule has 0 atom stereocenters. The lowest BCUT2D eigenvalue weighted by molar-refractivity contribution is -0.124. The van der Waals surface area contributed by atoms with E-state index in [1.54, 1.807) is 19.1 Å². The molecule has 5 rings (SSSR count). The van der Waals surface area contributed by atoms with Crippen molar-refractivity contribution < 1.29 is 14.7 Å². The van der Waals surface area contributed by atoms with Crippen molar-refractivity contribution in [1.29, 1.82) is 0 Å². The second kappa shape index (κ2) is 8.10. The molecule has 10 heteroatoms. The molecule has 1 aliphatic heterocycles. The van der Waals surface area contributed by atoms with Crippen LogP contribution in [-0.4, -0.2) is 26.9 Å². The molecule has 156 valence electrons. The number of amides is 2. The van der Waals surface area contributed by atoms with Crippen LogP contribution >= 0.6 is 35.1 Å². The van der Waals surface area contributed by atoms with E-state index in [4.69, 9.17) is 4.98 Å². The molecule has 0 unspecified atom stereocenters. The molecule has 0 aliphatic carbocycles. The van der Waals surface area contributed by atoms with Crippen LogP contribution in [0, 0.1) is 0 Å². The number of imide groups is 1. The van der Waals surface area contributed by atoms with Crippen LogP contribution in [0.25, 0.3) is 31.4 Å². The molecule has 0 fully saturated rings. The molecular formula is C21H15ClN4O3S2. The first-order valence-corrected chi connectivity index (χ1v) is 10.7. The zero-order valence-electron chi connectivity index (χ0n) is 16.0. The van der Waals surface area contributed by atoms with Crippen LogP contribution < -0.4 is 10.6 Å². The molecule has 4 heterocycles. The Kier molecular flexibility index (Phi) is 5.48. The maximum Gasteiger partial charge on any atom is 0.275 e. The number of carbonyl (C=O) groups excluding carboxylic acids is 2. The van der Waals surface area contributed by atoms with Gasteiger partial charge < -0.3 is 10.4 Å². The third-order valence-corrected chi connectivity index (χ3v) is 6.64. The normalized spacial score (nSPS) is 13.5. The van der Waals surface area contributed by atoms with Gasteiger partial charge in [0.15, 0.2) is 5.82 Å². The zero-order valence-corrected chi connectivity index (χ0v) is 18.5. The largest absolute Gasteiger partial charge is 0.508 e. The van der Waals surface area contributed by atoms with E-state index < -0.39 is 11.8 Å². The highest BCUT2D eigenvalue weighted by molar-refractivity contribution is 7.22. The van der Waals surface area contributed by atoms with Crippen molar-refractivity contribution in [2.45, 2.75) is 6.92 Å². The van der Waals surface area contributed by atoms with Crippen LogP contribution in [0.15, 0.2) is 59.1 Å². The van der Waals surface area contributed by atoms with Gasteiger partial charge in [-0.1, -0.05) is 6.07 Å². The predicted molar refractivity (Wildman–Crippen MR) is 125 cm³/mol. The molecular weight excluding hydrogens is 456 g/mol. The van der Waals surface area contributed by atoms with E-state index in [1.807, 2.05) is 35.7 Å². The number of aromatic hydroxyl groups is 1. The summed E-state index contributed by atoms with van der Waals surface area (Å²) in [5.41, 5.74) is 1.44. The first kappa shape index (κ1) is 21.0. The van der Waals surface area contributed by atoms with E-state index in [-0.39, 0.29) is 23.9 Å². The highest BCUT2D eigenvalue weighted by Crippen LogP contribution is 2.38. The fraction of sp³-hybridized carbons (Fsp3) is 0.0476. The second-order valence-electron chi connectivity index (χ2n) is 6.66. The van der Waals surface area contributed by atoms with Crippen molar-refractivity contribution >= 4 is 62.9 Å². The summed E-state index contributed by atoms with van der Waals surface area (Å²) < 4.78 is 0. The van der Waals surface area contributed by atoms with E-state index >= 15 is 0 Å². The molecule has 2 amide bonds. The van der Waals surface area contributed by atoms with Crippen molar-refractivity contribution in [1.82, 2.24) is 15.3 Å². The van der Waals surface area contributed by atoms with Gasteiger partial charge in [0.05, 0.1) is 10.3 Å². The van der Waals surface area contributed by atoms with Gasteiger partial charge in [-0.3, -0.25) is 14.9 Å². The van der Waals surface area contributed by atoms with Crippen LogP contribution in [0.4, 0.5) is 5.82 Å². The maximum atomic E-state index is 12.2. The lowest BCUT2D eigenvalue weighted by Gasteiger charge is -2.08. The summed E-state index contributed by atoms with van der Waals surface area (Å²) in [6.07, 6.45) is 0. The average Bonchev–Trinajstić information content (AvgIpc) is 3.45. The van der Waals surface area contributed by atoms with Crippen molar-refractivity contribution in [3.63, 3.8) is 0 Å². The standard InChI is InChI=1S/C21H14N4O3S2.ClH/c1-10-16(20(28)25-19(10)27)22-17-13-9-15(11-4-6-12(26)7-5-11)30-21(13)24-18(23-17)14-3-2-8-29-14;/h2-9,26H,1H3,(H2,22,23,24,25,27,28);1H. The average molecular weight is 471 g/mol. The van der Waals surface area contributed by atoms with Gasteiger partial charge in [0, 0.05) is 10.5 Å². The minimum atomic E-state index is -0.476. The van der Waals surface area contributed by atoms with Crippen molar-refractivity contribution in [3.05, 3.63) is 59.1 Å². The van der Waals surface area contributed by atoms with Gasteiger partial charge in [-0.25, -0.2) is 9.97 Å². The molecule has 31 heavy (non-hydrogen) atoms. The fourth-order valence-electron chi connectivity index (χ4n) is 3.11. The van der Waals surface area contributed by atoms with Gasteiger partial charge in [-0.2, -0.15) is 0 Å². The predicted octanol–water partition coefficient (Wildman–Crippen LogP) is 4.56. The lowest BCUT2D eigenvalue weighted by atomic mass is 10.1. The topological polar surface area (TPSA) is 104 Å². The molecule has 7 nitrogen and oxygen atoms in total. The molecule has 4 aromatic rings. The molecule has 1 aromatic carbocycles. The number of benzene rings is 1. The summed E-state index contributed by atoms with van der Waals surface area (Å²) >= 11 is 3.01. The van der Waals surface area contributed by atoms with Gasteiger partial charge in [-0.15, -0.1) is 35.1 Å². The number of carbonyl (C=O) groups is 2. The van der Waals surface area contributed by atoms with E-state index in [1.165, 1.54) is 22.7 Å². The molecule has 3 aromatic heterocycles. The minimum Gasteiger partial charge on any atom is -0.508 e. The van der Waals surface area contributed by atoms with Crippen molar-refractivity contribution in [3.8, 4) is 26.9 Å². The van der Waals surface area contributed by atoms with Gasteiger partial charge in [-0.05, 0) is 54.3 Å². The number of nitrogens with zero attached hydrogens (tertiary/aromatic N) is 2. The van der Waals surface area contributed by atoms with Crippen LogP contribution in [0.2, 0.25) is 0 Å². The summed E-state index contributed by atoms with van der Waals surface area (Å²) in [4.78, 5) is 36.0. The van der Waals surface area contributed by atoms with Crippen molar-refractivity contribution in [2.24, 2.45) is 0 Å². The number of hydrogen-bond acceptors (Lipinski definition) is 8. The smallest absolute Gasteiger partial charge is 0.275 e. The van der Waals surface area contributed by atoms with Gasteiger partial charge in [0.25, 0.3) is 11.8 Å². The number of anilines is 1. The number of hydrogen-bond donors (Lipinski definition) is 3. The molecule has 1 aliphatic rings. The summed E-state index contributed by atoms with van der Waals surface area (Å²) in [7, 11) is 0. The number of halogens is 1. The highest BCUT2D eigenvalue weighted by Gasteiger charge is 2.28. The molecule has 3 N–H and O–H groups in total. The van der Waals surface area contributed by atoms with Crippen LogP contribution in [0.5, 0.6) is 5.75 Å². The first-order valence-electron chi connectivity index (χ1n) is 8.98. The number of phenolic OH excluding ortho intramolecular Hbond substituents is 1. The molecule has 0 radical (unpaired) electrons. The zero-order chi connectivity index (χ0) is 20.8. The van der Waals surface area contributed by atoms with E-state index in [0.717, 1.165) is 25.5 Å². The van der Waals surface area contributed by atoms with E-state index in [0.29, 0.717) is 17.2 Å². The van der Waals surface area contributed by atoms with E-state index in [9.17, 15) is 14.7 Å². The Balaban J connectivity index is 0.00000231. The van der Waals surface area contributed by atoms with Gasteiger partial charge in [0.1, 0.15) is 22.1 Å². The van der Waals surface area contributed by atoms with Crippen LogP contribution in [0.1, 0.15) is 6.92 Å². The van der Waals surface area contributed by atoms with Gasteiger partial charge in [0.2, 0.25) is 0 Å². The fourth-order valence-corrected chi connectivity index (χ4v) is 4.81. The summed E-state index contributed by atoms with van der Waals surface area (Å²) in [5.74, 6) is 0.310. The Hall–Kier alpha value is -3.27. The summed E-state index contributed by atoms with van der Waals surface area (Å²) in [6, 6.07) is 12.7. The second-order valence-corrected chi connectivity index (χ2v) is 8.64. The molecule has 0 saturated carbocycles. The number of thiophene rings is 2. The first-order chi connectivity index (χ1) is 14.5. The van der Waals surface area contributed by atoms with Gasteiger partial charge >= 0.3 is 0 Å². The number of nitrogens with one attached hydrogen (secondary N) is 2. The van der Waals surface area contributed by atoms with Crippen LogP contribution in [-0.2, 0) is 9.59 Å². The highest BCUT2D eigenvalue weighted by atomic mass is 35.5. The third-order valence-electron chi connectivity index (χ3n) is 4.70.